The highest BCUT2D eigenvalue weighted by Gasteiger charge is 2.22. The SMILES string of the molecule is O=C(Nc1ccccc1)c1cc(Cl)c2ccccc2c1C(=O)Nc1ccccc1. The molecule has 5 heteroatoms. The fraction of sp³-hybridized carbons (Fsp3) is 0. The molecular formula is C24H17ClN2O2. The molecule has 0 atom stereocenters. The van der Waals surface area contributed by atoms with Crippen LogP contribution >= 0.6 is 11.6 Å². The van der Waals surface area contributed by atoms with Crippen molar-refractivity contribution in [3.8, 4) is 0 Å². The minimum absolute atomic E-state index is 0.214. The Morgan fingerprint density at radius 2 is 1.10 bits per heavy atom. The van der Waals surface area contributed by atoms with Crippen LogP contribution < -0.4 is 10.6 Å². The third-order valence-corrected chi connectivity index (χ3v) is 4.84. The van der Waals surface area contributed by atoms with Gasteiger partial charge in [-0.1, -0.05) is 72.3 Å². The average Bonchev–Trinajstić information content (AvgIpc) is 2.75. The van der Waals surface area contributed by atoms with Gasteiger partial charge in [-0.15, -0.1) is 0 Å². The Bertz CT molecular complexity index is 1190. The first-order valence-electron chi connectivity index (χ1n) is 9.07. The smallest absolute Gasteiger partial charge is 0.257 e. The van der Waals surface area contributed by atoms with E-state index in [-0.39, 0.29) is 17.0 Å². The number of fused-ring (bicyclic) bond motifs is 1. The van der Waals surface area contributed by atoms with Gasteiger partial charge in [0, 0.05) is 21.8 Å². The molecule has 0 fully saturated rings. The number of anilines is 2. The Morgan fingerprint density at radius 1 is 0.621 bits per heavy atom. The number of rotatable bonds is 4. The summed E-state index contributed by atoms with van der Waals surface area (Å²) in [6.45, 7) is 0. The van der Waals surface area contributed by atoms with E-state index in [4.69, 9.17) is 11.6 Å². The third kappa shape index (κ3) is 3.98. The molecule has 0 bridgehead atoms. The van der Waals surface area contributed by atoms with Crippen molar-refractivity contribution in [3.63, 3.8) is 0 Å². The van der Waals surface area contributed by atoms with E-state index in [9.17, 15) is 9.59 Å². The average molecular weight is 401 g/mol. The summed E-state index contributed by atoms with van der Waals surface area (Å²) in [5.74, 6) is -0.774. The van der Waals surface area contributed by atoms with Crippen molar-refractivity contribution in [2.75, 3.05) is 10.6 Å². The molecule has 0 heterocycles. The zero-order valence-electron chi connectivity index (χ0n) is 15.4. The minimum Gasteiger partial charge on any atom is -0.322 e. The van der Waals surface area contributed by atoms with E-state index in [0.29, 0.717) is 27.2 Å². The number of amides is 2. The van der Waals surface area contributed by atoms with Crippen LogP contribution in [0.25, 0.3) is 10.8 Å². The van der Waals surface area contributed by atoms with Crippen LogP contribution in [0.5, 0.6) is 0 Å². The zero-order valence-corrected chi connectivity index (χ0v) is 16.1. The first-order chi connectivity index (χ1) is 14.1. The molecule has 4 aromatic carbocycles. The molecule has 0 radical (unpaired) electrons. The van der Waals surface area contributed by atoms with Crippen LogP contribution in [-0.2, 0) is 0 Å². The summed E-state index contributed by atoms with van der Waals surface area (Å²) in [7, 11) is 0. The maximum atomic E-state index is 13.2. The lowest BCUT2D eigenvalue weighted by Crippen LogP contribution is -2.21. The number of hydrogen-bond acceptors (Lipinski definition) is 2. The highest BCUT2D eigenvalue weighted by Crippen LogP contribution is 2.31. The summed E-state index contributed by atoms with van der Waals surface area (Å²) in [5.41, 5.74) is 1.77. The lowest BCUT2D eigenvalue weighted by molar-refractivity contribution is 0.0992. The van der Waals surface area contributed by atoms with Crippen LogP contribution in [0.15, 0.2) is 91.0 Å². The Balaban J connectivity index is 1.81. The molecule has 0 aliphatic rings. The van der Waals surface area contributed by atoms with Gasteiger partial charge in [0.05, 0.1) is 11.1 Å². The van der Waals surface area contributed by atoms with E-state index < -0.39 is 5.91 Å². The molecule has 0 unspecified atom stereocenters. The highest BCUT2D eigenvalue weighted by molar-refractivity contribution is 6.37. The molecule has 4 nitrogen and oxygen atoms in total. The normalized spacial score (nSPS) is 10.5. The van der Waals surface area contributed by atoms with E-state index in [0.717, 1.165) is 0 Å². The van der Waals surface area contributed by atoms with Crippen molar-refractivity contribution in [2.24, 2.45) is 0 Å². The maximum absolute atomic E-state index is 13.2. The molecule has 29 heavy (non-hydrogen) atoms. The molecule has 0 saturated heterocycles. The summed E-state index contributed by atoms with van der Waals surface area (Å²) >= 11 is 6.43. The van der Waals surface area contributed by atoms with Crippen LogP contribution in [-0.4, -0.2) is 11.8 Å². The van der Waals surface area contributed by atoms with Crippen molar-refractivity contribution < 1.29 is 9.59 Å². The van der Waals surface area contributed by atoms with Gasteiger partial charge in [0.2, 0.25) is 0 Å². The van der Waals surface area contributed by atoms with E-state index in [2.05, 4.69) is 10.6 Å². The summed E-state index contributed by atoms with van der Waals surface area (Å²) in [4.78, 5) is 26.2. The molecule has 4 rings (SSSR count). The standard InChI is InChI=1S/C24H17ClN2O2/c25-21-15-20(23(28)26-16-9-3-1-4-10-16)22(19-14-8-7-13-18(19)21)24(29)27-17-11-5-2-6-12-17/h1-15H,(H,26,28)(H,27,29). The van der Waals surface area contributed by atoms with Crippen LogP contribution in [0, 0.1) is 0 Å². The van der Waals surface area contributed by atoms with Gasteiger partial charge in [0.15, 0.2) is 0 Å². The molecule has 0 saturated carbocycles. The van der Waals surface area contributed by atoms with Gasteiger partial charge < -0.3 is 10.6 Å². The number of benzene rings is 4. The predicted octanol–water partition coefficient (Wildman–Crippen LogP) is 6.00. The predicted molar refractivity (Wildman–Crippen MR) is 118 cm³/mol. The van der Waals surface area contributed by atoms with Gasteiger partial charge in [-0.2, -0.15) is 0 Å². The molecule has 0 aliphatic carbocycles. The van der Waals surface area contributed by atoms with Crippen LogP contribution in [0.2, 0.25) is 5.02 Å². The van der Waals surface area contributed by atoms with Crippen LogP contribution in [0.4, 0.5) is 11.4 Å². The van der Waals surface area contributed by atoms with Gasteiger partial charge in [-0.05, 0) is 35.7 Å². The van der Waals surface area contributed by atoms with Gasteiger partial charge in [0.1, 0.15) is 0 Å². The number of para-hydroxylation sites is 2. The van der Waals surface area contributed by atoms with Gasteiger partial charge in [-0.25, -0.2) is 0 Å². The fourth-order valence-corrected chi connectivity index (χ4v) is 3.46. The second-order valence-corrected chi connectivity index (χ2v) is 6.87. The lowest BCUT2D eigenvalue weighted by atomic mass is 9.97. The number of hydrogen-bond donors (Lipinski definition) is 2. The van der Waals surface area contributed by atoms with Crippen LogP contribution in [0.1, 0.15) is 20.7 Å². The van der Waals surface area contributed by atoms with E-state index in [1.165, 1.54) is 0 Å². The molecule has 4 aromatic rings. The topological polar surface area (TPSA) is 58.2 Å². The highest BCUT2D eigenvalue weighted by atomic mass is 35.5. The molecule has 0 aliphatic heterocycles. The Kier molecular flexibility index (Phi) is 5.27. The second kappa shape index (κ2) is 8.17. The van der Waals surface area contributed by atoms with Crippen molar-refractivity contribution in [2.45, 2.75) is 0 Å². The second-order valence-electron chi connectivity index (χ2n) is 6.47. The maximum Gasteiger partial charge on any atom is 0.257 e. The fourth-order valence-electron chi connectivity index (χ4n) is 3.19. The van der Waals surface area contributed by atoms with Crippen LogP contribution in [0.3, 0.4) is 0 Å². The van der Waals surface area contributed by atoms with Gasteiger partial charge >= 0.3 is 0 Å². The Hall–Kier alpha value is -3.63. The Morgan fingerprint density at radius 3 is 1.69 bits per heavy atom. The number of carbonyl (C=O) groups is 2. The Labute approximate surface area is 173 Å². The molecule has 2 N–H and O–H groups in total. The van der Waals surface area contributed by atoms with Gasteiger partial charge in [0.25, 0.3) is 11.8 Å². The van der Waals surface area contributed by atoms with E-state index in [1.54, 1.807) is 36.4 Å². The summed E-state index contributed by atoms with van der Waals surface area (Å²) in [5, 5.41) is 7.44. The summed E-state index contributed by atoms with van der Waals surface area (Å²) in [6.07, 6.45) is 0. The monoisotopic (exact) mass is 400 g/mol. The molecule has 142 valence electrons. The van der Waals surface area contributed by atoms with E-state index in [1.807, 2.05) is 54.6 Å². The van der Waals surface area contributed by atoms with Crippen molar-refractivity contribution in [3.05, 3.63) is 107 Å². The van der Waals surface area contributed by atoms with E-state index >= 15 is 0 Å². The number of carbonyl (C=O) groups excluding carboxylic acids is 2. The first kappa shape index (κ1) is 18.7. The largest absolute Gasteiger partial charge is 0.322 e. The van der Waals surface area contributed by atoms with Crippen molar-refractivity contribution in [1.29, 1.82) is 0 Å². The number of nitrogens with one attached hydrogen (secondary N) is 2. The molecule has 2 amide bonds. The molecule has 0 spiro atoms. The molecule has 0 aromatic heterocycles. The van der Waals surface area contributed by atoms with Gasteiger partial charge in [-0.3, -0.25) is 9.59 Å². The quantitative estimate of drug-likeness (QED) is 0.441. The van der Waals surface area contributed by atoms with Crippen molar-refractivity contribution >= 4 is 45.6 Å². The summed E-state index contributed by atoms with van der Waals surface area (Å²) < 4.78 is 0. The lowest BCUT2D eigenvalue weighted by Gasteiger charge is -2.15. The summed E-state index contributed by atoms with van der Waals surface area (Å²) in [6, 6.07) is 27.0. The van der Waals surface area contributed by atoms with Crippen molar-refractivity contribution in [1.82, 2.24) is 0 Å². The third-order valence-electron chi connectivity index (χ3n) is 4.53. The molecular weight excluding hydrogens is 384 g/mol. The minimum atomic E-state index is -0.401. The first-order valence-corrected chi connectivity index (χ1v) is 9.45. The number of halogens is 1. The zero-order chi connectivity index (χ0) is 20.2.